The SMILES string of the molecule is CCC(NC(=O)[C@H]1CNC[C@@H]1c1cnn(C)c1)c1cc(F)ccc1F.Cl. The van der Waals surface area contributed by atoms with Crippen molar-refractivity contribution in [1.29, 1.82) is 0 Å². The molecule has 2 aromatic rings. The Balaban J connectivity index is 0.00000243. The summed E-state index contributed by atoms with van der Waals surface area (Å²) in [6.45, 7) is 3.07. The van der Waals surface area contributed by atoms with Gasteiger partial charge in [-0.15, -0.1) is 12.4 Å². The number of carbonyl (C=O) groups excluding carboxylic acids is 1. The molecular formula is C18H23ClF2N4O. The van der Waals surface area contributed by atoms with Gasteiger partial charge in [0.15, 0.2) is 0 Å². The van der Waals surface area contributed by atoms with E-state index in [0.29, 0.717) is 19.5 Å². The van der Waals surface area contributed by atoms with Crippen molar-refractivity contribution in [2.45, 2.75) is 25.3 Å². The van der Waals surface area contributed by atoms with E-state index in [1.807, 2.05) is 20.2 Å². The Morgan fingerprint density at radius 1 is 1.42 bits per heavy atom. The van der Waals surface area contributed by atoms with Crippen LogP contribution in [-0.4, -0.2) is 28.8 Å². The third-order valence-corrected chi connectivity index (χ3v) is 4.76. The van der Waals surface area contributed by atoms with Gasteiger partial charge in [-0.1, -0.05) is 6.92 Å². The fourth-order valence-electron chi connectivity index (χ4n) is 3.40. The predicted molar refractivity (Wildman–Crippen MR) is 97.1 cm³/mol. The van der Waals surface area contributed by atoms with E-state index < -0.39 is 17.7 Å². The Kier molecular flexibility index (Phi) is 6.72. The second-order valence-electron chi connectivity index (χ2n) is 6.45. The van der Waals surface area contributed by atoms with E-state index in [4.69, 9.17) is 0 Å². The minimum Gasteiger partial charge on any atom is -0.349 e. The van der Waals surface area contributed by atoms with Gasteiger partial charge in [-0.2, -0.15) is 5.10 Å². The summed E-state index contributed by atoms with van der Waals surface area (Å²) >= 11 is 0. The summed E-state index contributed by atoms with van der Waals surface area (Å²) in [5.74, 6) is -1.44. The number of hydrogen-bond donors (Lipinski definition) is 2. The summed E-state index contributed by atoms with van der Waals surface area (Å²) in [4.78, 5) is 12.8. The molecule has 1 fully saturated rings. The summed E-state index contributed by atoms with van der Waals surface area (Å²) in [6.07, 6.45) is 4.15. The predicted octanol–water partition coefficient (Wildman–Crippen LogP) is 2.69. The van der Waals surface area contributed by atoms with Crippen molar-refractivity contribution in [3.63, 3.8) is 0 Å². The lowest BCUT2D eigenvalue weighted by molar-refractivity contribution is -0.125. The van der Waals surface area contributed by atoms with Gasteiger partial charge in [0.1, 0.15) is 11.6 Å². The molecule has 1 aliphatic heterocycles. The molecule has 2 heterocycles. The van der Waals surface area contributed by atoms with E-state index in [-0.39, 0.29) is 35.7 Å². The average Bonchev–Trinajstić information content (AvgIpc) is 3.23. The highest BCUT2D eigenvalue weighted by atomic mass is 35.5. The van der Waals surface area contributed by atoms with Crippen LogP contribution in [0.5, 0.6) is 0 Å². The number of amides is 1. The van der Waals surface area contributed by atoms with E-state index >= 15 is 0 Å². The lowest BCUT2D eigenvalue weighted by atomic mass is 9.89. The molecular weight excluding hydrogens is 362 g/mol. The molecule has 0 radical (unpaired) electrons. The molecule has 3 atom stereocenters. The van der Waals surface area contributed by atoms with Crippen molar-refractivity contribution >= 4 is 18.3 Å². The van der Waals surface area contributed by atoms with Crippen LogP contribution in [0.3, 0.4) is 0 Å². The number of rotatable bonds is 5. The van der Waals surface area contributed by atoms with Crippen LogP contribution in [0.1, 0.15) is 36.4 Å². The largest absolute Gasteiger partial charge is 0.349 e. The Bertz CT molecular complexity index is 767. The van der Waals surface area contributed by atoms with Gasteiger partial charge in [0.05, 0.1) is 18.2 Å². The van der Waals surface area contributed by atoms with Crippen molar-refractivity contribution in [3.05, 3.63) is 53.4 Å². The second-order valence-corrected chi connectivity index (χ2v) is 6.45. The van der Waals surface area contributed by atoms with Crippen LogP contribution in [0.25, 0.3) is 0 Å². The van der Waals surface area contributed by atoms with Crippen LogP contribution < -0.4 is 10.6 Å². The van der Waals surface area contributed by atoms with Gasteiger partial charge >= 0.3 is 0 Å². The highest BCUT2D eigenvalue weighted by Crippen LogP contribution is 2.29. The lowest BCUT2D eigenvalue weighted by Crippen LogP contribution is -2.37. The first kappa shape index (κ1) is 20.3. The molecule has 1 aliphatic rings. The van der Waals surface area contributed by atoms with Crippen LogP contribution in [0, 0.1) is 17.6 Å². The molecule has 2 N–H and O–H groups in total. The maximum absolute atomic E-state index is 14.0. The molecule has 1 saturated heterocycles. The van der Waals surface area contributed by atoms with Crippen molar-refractivity contribution in [2.75, 3.05) is 13.1 Å². The number of nitrogens with zero attached hydrogens (tertiary/aromatic N) is 2. The highest BCUT2D eigenvalue weighted by Gasteiger charge is 2.35. The highest BCUT2D eigenvalue weighted by molar-refractivity contribution is 5.85. The Labute approximate surface area is 157 Å². The van der Waals surface area contributed by atoms with E-state index in [1.54, 1.807) is 10.9 Å². The van der Waals surface area contributed by atoms with Crippen molar-refractivity contribution in [1.82, 2.24) is 20.4 Å². The number of carbonyl (C=O) groups is 1. The van der Waals surface area contributed by atoms with Gasteiger partial charge in [0.2, 0.25) is 5.91 Å². The molecule has 26 heavy (non-hydrogen) atoms. The molecule has 0 saturated carbocycles. The minimum atomic E-state index is -0.557. The van der Waals surface area contributed by atoms with Crippen LogP contribution in [0.2, 0.25) is 0 Å². The number of nitrogens with one attached hydrogen (secondary N) is 2. The van der Waals surface area contributed by atoms with Crippen molar-refractivity contribution in [3.8, 4) is 0 Å². The Morgan fingerprint density at radius 3 is 2.85 bits per heavy atom. The van der Waals surface area contributed by atoms with Gasteiger partial charge in [-0.3, -0.25) is 9.48 Å². The first-order chi connectivity index (χ1) is 12.0. The maximum atomic E-state index is 14.0. The fraction of sp³-hybridized carbons (Fsp3) is 0.444. The summed E-state index contributed by atoms with van der Waals surface area (Å²) in [5.41, 5.74) is 1.18. The van der Waals surface area contributed by atoms with Crippen LogP contribution in [0.15, 0.2) is 30.6 Å². The average molecular weight is 385 g/mol. The zero-order chi connectivity index (χ0) is 18.0. The van der Waals surface area contributed by atoms with E-state index in [0.717, 1.165) is 23.8 Å². The summed E-state index contributed by atoms with van der Waals surface area (Å²) in [7, 11) is 1.83. The molecule has 0 bridgehead atoms. The van der Waals surface area contributed by atoms with E-state index in [1.165, 1.54) is 0 Å². The zero-order valence-corrected chi connectivity index (χ0v) is 15.5. The van der Waals surface area contributed by atoms with Gasteiger partial charge in [-0.05, 0) is 30.2 Å². The standard InChI is InChI=1S/C18H22F2N4O.ClH/c1-3-17(13-6-12(19)4-5-16(13)20)23-18(25)15-9-21-8-14(15)11-7-22-24(2)10-11;/h4-7,10,14-15,17,21H,3,8-9H2,1-2H3,(H,23,25);1H/t14-,15+,17?;/m1./s1. The molecule has 3 rings (SSSR count). The van der Waals surface area contributed by atoms with E-state index in [2.05, 4.69) is 15.7 Å². The molecule has 1 aromatic heterocycles. The number of aryl methyl sites for hydroxylation is 1. The topological polar surface area (TPSA) is 59.0 Å². The molecule has 8 heteroatoms. The van der Waals surface area contributed by atoms with Gasteiger partial charge in [0.25, 0.3) is 0 Å². The number of aromatic nitrogens is 2. The van der Waals surface area contributed by atoms with Crippen LogP contribution >= 0.6 is 12.4 Å². The number of hydrogen-bond acceptors (Lipinski definition) is 3. The maximum Gasteiger partial charge on any atom is 0.225 e. The van der Waals surface area contributed by atoms with Crippen LogP contribution in [0.4, 0.5) is 8.78 Å². The fourth-order valence-corrected chi connectivity index (χ4v) is 3.40. The summed E-state index contributed by atoms with van der Waals surface area (Å²) in [5, 5.41) is 10.3. The lowest BCUT2D eigenvalue weighted by Gasteiger charge is -2.23. The summed E-state index contributed by atoms with van der Waals surface area (Å²) in [6, 6.07) is 2.76. The quantitative estimate of drug-likeness (QED) is 0.833. The van der Waals surface area contributed by atoms with Gasteiger partial charge < -0.3 is 10.6 Å². The zero-order valence-electron chi connectivity index (χ0n) is 14.7. The third-order valence-electron chi connectivity index (χ3n) is 4.76. The molecule has 5 nitrogen and oxygen atoms in total. The summed E-state index contributed by atoms with van der Waals surface area (Å²) < 4.78 is 29.2. The molecule has 1 aromatic carbocycles. The Hall–Kier alpha value is -1.99. The van der Waals surface area contributed by atoms with Crippen molar-refractivity contribution in [2.24, 2.45) is 13.0 Å². The molecule has 1 unspecified atom stereocenters. The first-order valence-electron chi connectivity index (χ1n) is 8.44. The van der Waals surface area contributed by atoms with Gasteiger partial charge in [-0.25, -0.2) is 8.78 Å². The van der Waals surface area contributed by atoms with Crippen LogP contribution in [-0.2, 0) is 11.8 Å². The Morgan fingerprint density at radius 2 is 2.19 bits per heavy atom. The molecule has 0 aliphatic carbocycles. The first-order valence-corrected chi connectivity index (χ1v) is 8.44. The van der Waals surface area contributed by atoms with Crippen molar-refractivity contribution < 1.29 is 13.6 Å². The smallest absolute Gasteiger partial charge is 0.225 e. The monoisotopic (exact) mass is 384 g/mol. The van der Waals surface area contributed by atoms with Gasteiger partial charge in [0, 0.05) is 37.8 Å². The number of halogens is 3. The second kappa shape index (κ2) is 8.60. The third kappa shape index (κ3) is 4.22. The minimum absolute atomic E-state index is 0. The number of benzene rings is 1. The molecule has 1 amide bonds. The van der Waals surface area contributed by atoms with E-state index in [9.17, 15) is 13.6 Å². The molecule has 142 valence electrons. The molecule has 0 spiro atoms. The normalized spacial score (nSPS) is 20.5.